The van der Waals surface area contributed by atoms with Crippen LogP contribution in [0.25, 0.3) is 11.0 Å². The van der Waals surface area contributed by atoms with Gasteiger partial charge < -0.3 is 33.8 Å². The minimum Gasteiger partial charge on any atom is -0.548 e. The maximum atomic E-state index is 12.6. The normalized spacial score (nSPS) is 10.4. The number of rotatable bonds is 8. The number of ether oxygens (including phenoxy) is 3. The molecule has 0 spiro atoms. The average molecular weight is 398 g/mol. The van der Waals surface area contributed by atoms with E-state index in [2.05, 4.69) is 5.32 Å². The summed E-state index contributed by atoms with van der Waals surface area (Å²) >= 11 is 0. The molecular weight excluding hydrogens is 382 g/mol. The second-order valence-electron chi connectivity index (χ2n) is 5.80. The molecule has 0 saturated heterocycles. The number of hydrogen-bond donors (Lipinski definition) is 1. The summed E-state index contributed by atoms with van der Waals surface area (Å²) in [5.41, 5.74) is -0.134. The van der Waals surface area contributed by atoms with Crippen LogP contribution in [-0.2, 0) is 9.59 Å². The highest BCUT2D eigenvalue weighted by Crippen LogP contribution is 2.25. The maximum Gasteiger partial charge on any atom is 0.258 e. The molecule has 0 fully saturated rings. The third-order valence-corrected chi connectivity index (χ3v) is 3.80. The second-order valence-corrected chi connectivity index (χ2v) is 5.80. The number of nitrogens with one attached hydrogen (secondary N) is 1. The molecule has 29 heavy (non-hydrogen) atoms. The molecule has 0 bridgehead atoms. The van der Waals surface area contributed by atoms with Gasteiger partial charge in [-0.2, -0.15) is 0 Å². The first-order chi connectivity index (χ1) is 14.0. The Hall–Kier alpha value is -4.01. The van der Waals surface area contributed by atoms with Crippen molar-refractivity contribution in [3.8, 4) is 23.0 Å². The van der Waals surface area contributed by atoms with Gasteiger partial charge in [-0.05, 0) is 36.4 Å². The van der Waals surface area contributed by atoms with Crippen molar-refractivity contribution >= 4 is 22.8 Å². The van der Waals surface area contributed by atoms with Crippen molar-refractivity contribution in [3.63, 3.8) is 0 Å². The Morgan fingerprint density at radius 1 is 1.07 bits per heavy atom. The molecule has 1 amide bonds. The number of methoxy groups -OCH3 is 1. The van der Waals surface area contributed by atoms with Crippen molar-refractivity contribution in [2.24, 2.45) is 0 Å². The number of carboxylic acid groups (broad SMARTS) is 1. The smallest absolute Gasteiger partial charge is 0.258 e. The summed E-state index contributed by atoms with van der Waals surface area (Å²) in [6.07, 6.45) is 1.19. The van der Waals surface area contributed by atoms with Crippen molar-refractivity contribution in [2.45, 2.75) is 0 Å². The highest BCUT2D eigenvalue weighted by atomic mass is 16.5. The van der Waals surface area contributed by atoms with Crippen LogP contribution >= 0.6 is 0 Å². The quantitative estimate of drug-likeness (QED) is 0.591. The first kappa shape index (κ1) is 19.7. The lowest BCUT2D eigenvalue weighted by atomic mass is 10.2. The molecule has 0 saturated carbocycles. The number of amides is 1. The first-order valence-electron chi connectivity index (χ1n) is 8.43. The number of carbonyl (C=O) groups is 2. The van der Waals surface area contributed by atoms with Crippen LogP contribution < -0.4 is 30.1 Å². The topological polar surface area (TPSA) is 127 Å². The maximum absolute atomic E-state index is 12.6. The largest absolute Gasteiger partial charge is 0.548 e. The van der Waals surface area contributed by atoms with E-state index in [4.69, 9.17) is 18.6 Å². The molecule has 9 heteroatoms. The fourth-order valence-electron chi connectivity index (χ4n) is 2.39. The van der Waals surface area contributed by atoms with E-state index in [1.807, 2.05) is 0 Å². The van der Waals surface area contributed by atoms with Gasteiger partial charge in [0.15, 0.2) is 6.61 Å². The fourth-order valence-corrected chi connectivity index (χ4v) is 2.39. The van der Waals surface area contributed by atoms with Crippen molar-refractivity contribution in [1.29, 1.82) is 0 Å². The van der Waals surface area contributed by atoms with Crippen LogP contribution in [0.2, 0.25) is 0 Å². The Kier molecular flexibility index (Phi) is 5.98. The van der Waals surface area contributed by atoms with E-state index in [1.54, 1.807) is 31.4 Å². The fraction of sp³-hybridized carbons (Fsp3) is 0.150. The predicted molar refractivity (Wildman–Crippen MR) is 99.1 cm³/mol. The Bertz CT molecular complexity index is 1090. The van der Waals surface area contributed by atoms with Crippen LogP contribution in [0.15, 0.2) is 57.9 Å². The van der Waals surface area contributed by atoms with Gasteiger partial charge in [0.25, 0.3) is 5.91 Å². The van der Waals surface area contributed by atoms with Gasteiger partial charge >= 0.3 is 0 Å². The highest BCUT2D eigenvalue weighted by Gasteiger charge is 2.11. The second kappa shape index (κ2) is 8.79. The summed E-state index contributed by atoms with van der Waals surface area (Å²) in [5.74, 6) is -0.646. The van der Waals surface area contributed by atoms with E-state index in [-0.39, 0.29) is 27.9 Å². The summed E-state index contributed by atoms with van der Waals surface area (Å²) in [6, 6.07) is 11.1. The van der Waals surface area contributed by atoms with Crippen LogP contribution in [0.3, 0.4) is 0 Å². The number of carboxylic acids is 1. The molecule has 0 atom stereocenters. The van der Waals surface area contributed by atoms with Crippen LogP contribution in [-0.4, -0.2) is 32.1 Å². The van der Waals surface area contributed by atoms with Crippen LogP contribution in [0.4, 0.5) is 0 Å². The molecule has 0 aliphatic heterocycles. The molecule has 0 radical (unpaired) electrons. The molecule has 150 valence electrons. The predicted octanol–water partition coefficient (Wildman–Crippen LogP) is 0.839. The van der Waals surface area contributed by atoms with E-state index >= 15 is 0 Å². The third-order valence-electron chi connectivity index (χ3n) is 3.80. The molecule has 3 rings (SSSR count). The number of benzene rings is 2. The minimum absolute atomic E-state index is 0.0120. The van der Waals surface area contributed by atoms with Gasteiger partial charge in [-0.3, -0.25) is 9.59 Å². The Morgan fingerprint density at radius 2 is 1.76 bits per heavy atom. The van der Waals surface area contributed by atoms with Gasteiger partial charge in [0.2, 0.25) is 11.2 Å². The van der Waals surface area contributed by atoms with Crippen molar-refractivity contribution in [1.82, 2.24) is 5.32 Å². The van der Waals surface area contributed by atoms with Gasteiger partial charge in [0, 0.05) is 6.07 Å². The van der Waals surface area contributed by atoms with Gasteiger partial charge in [-0.15, -0.1) is 0 Å². The molecule has 0 aliphatic carbocycles. The zero-order chi connectivity index (χ0) is 20.8. The Labute approximate surface area is 164 Å². The van der Waals surface area contributed by atoms with Gasteiger partial charge in [-0.1, -0.05) is 0 Å². The lowest BCUT2D eigenvalue weighted by Gasteiger charge is -2.09. The van der Waals surface area contributed by atoms with Crippen molar-refractivity contribution in [3.05, 3.63) is 59.0 Å². The van der Waals surface area contributed by atoms with Crippen LogP contribution in [0.5, 0.6) is 23.0 Å². The monoisotopic (exact) mass is 398 g/mol. The molecule has 3 aromatic rings. The van der Waals surface area contributed by atoms with E-state index in [1.165, 1.54) is 24.5 Å². The number of fused-ring (bicyclic) bond motifs is 1. The van der Waals surface area contributed by atoms with Gasteiger partial charge in [0.1, 0.15) is 29.1 Å². The van der Waals surface area contributed by atoms with E-state index < -0.39 is 25.0 Å². The molecule has 0 aliphatic rings. The van der Waals surface area contributed by atoms with Crippen LogP contribution in [0, 0.1) is 0 Å². The molecule has 0 unspecified atom stereocenters. The summed E-state index contributed by atoms with van der Waals surface area (Å²) in [6.45, 7) is -1.01. The molecule has 1 heterocycles. The van der Waals surface area contributed by atoms with Gasteiger partial charge in [0.05, 0.1) is 25.0 Å². The first-order valence-corrected chi connectivity index (χ1v) is 8.43. The number of hydrogen-bond acceptors (Lipinski definition) is 8. The minimum atomic E-state index is -1.40. The summed E-state index contributed by atoms with van der Waals surface area (Å²) in [4.78, 5) is 34.4. The SMILES string of the molecule is COc1ccc(Oc2coc3cc(OCC(=O)NCC(=O)[O-])ccc3c2=O)cc1. The zero-order valence-corrected chi connectivity index (χ0v) is 15.3. The average Bonchev–Trinajstić information content (AvgIpc) is 2.73. The van der Waals surface area contributed by atoms with Gasteiger partial charge in [-0.25, -0.2) is 0 Å². The molecule has 9 nitrogen and oxygen atoms in total. The lowest BCUT2D eigenvalue weighted by Crippen LogP contribution is -2.39. The summed E-state index contributed by atoms with van der Waals surface area (Å²) in [7, 11) is 1.55. The molecule has 1 aromatic heterocycles. The van der Waals surface area contributed by atoms with E-state index in [9.17, 15) is 19.5 Å². The number of aliphatic carboxylic acids is 1. The Balaban J connectivity index is 1.72. The van der Waals surface area contributed by atoms with Crippen molar-refractivity contribution in [2.75, 3.05) is 20.3 Å². The standard InChI is InChI=1S/C20H17NO8/c1-26-12-2-4-13(5-3-12)29-17-10-28-16-8-14(6-7-15(16)20(17)25)27-11-18(22)21-9-19(23)24/h2-8,10H,9,11H2,1H3,(H,21,22)(H,23,24)/p-1. The molecular formula is C20H16NO8-. The molecule has 2 aromatic carbocycles. The van der Waals surface area contributed by atoms with Crippen molar-refractivity contribution < 1.29 is 33.3 Å². The number of carbonyl (C=O) groups excluding carboxylic acids is 2. The molecule has 1 N–H and O–H groups in total. The summed E-state index contributed by atoms with van der Waals surface area (Å²) in [5, 5.41) is 12.7. The lowest BCUT2D eigenvalue weighted by molar-refractivity contribution is -0.304. The highest BCUT2D eigenvalue weighted by molar-refractivity contribution is 5.82. The van der Waals surface area contributed by atoms with E-state index in [0.29, 0.717) is 11.5 Å². The summed E-state index contributed by atoms with van der Waals surface area (Å²) < 4.78 is 21.4. The Morgan fingerprint density at radius 3 is 2.45 bits per heavy atom. The third kappa shape index (κ3) is 5.04. The van der Waals surface area contributed by atoms with Crippen LogP contribution in [0.1, 0.15) is 0 Å². The zero-order valence-electron chi connectivity index (χ0n) is 15.3. The van der Waals surface area contributed by atoms with E-state index in [0.717, 1.165) is 0 Å².